The van der Waals surface area contributed by atoms with Crippen LogP contribution >= 0.6 is 0 Å². The third-order valence-corrected chi connectivity index (χ3v) is 11.8. The van der Waals surface area contributed by atoms with E-state index in [-0.39, 0.29) is 29.1 Å². The molecular weight excluding hydrogens is 618 g/mol. The molecule has 1 aliphatic heterocycles. The van der Waals surface area contributed by atoms with E-state index >= 15 is 0 Å². The van der Waals surface area contributed by atoms with Crippen LogP contribution in [-0.2, 0) is 25.6 Å². The van der Waals surface area contributed by atoms with E-state index in [1.807, 2.05) is 32.9 Å². The first-order valence-electron chi connectivity index (χ1n) is 18.1. The van der Waals surface area contributed by atoms with Gasteiger partial charge in [-0.05, 0) is 70.6 Å². The molecule has 2 aromatic carbocycles. The van der Waals surface area contributed by atoms with Crippen molar-refractivity contribution >= 4 is 40.3 Å². The highest BCUT2D eigenvalue weighted by Gasteiger charge is 2.70. The number of rotatable bonds is 11. The Morgan fingerprint density at radius 1 is 0.939 bits per heavy atom. The van der Waals surface area contributed by atoms with E-state index in [1.165, 1.54) is 5.39 Å². The monoisotopic (exact) mass is 671 g/mol. The summed E-state index contributed by atoms with van der Waals surface area (Å²) in [5.41, 5.74) is 5.24. The maximum Gasteiger partial charge on any atom is 0.315 e. The number of Topliss-reactive ketones (excluding diaryl/α,β-unsaturated/α-hetero) is 1. The van der Waals surface area contributed by atoms with Crippen LogP contribution in [0.4, 0.5) is 4.79 Å². The van der Waals surface area contributed by atoms with Gasteiger partial charge in [-0.25, -0.2) is 4.79 Å². The summed E-state index contributed by atoms with van der Waals surface area (Å²) in [5.74, 6) is -2.37. The second kappa shape index (κ2) is 13.1. The van der Waals surface area contributed by atoms with E-state index in [4.69, 9.17) is 5.73 Å². The molecule has 5 atom stereocenters. The number of nitrogens with zero attached hydrogens (tertiary/aromatic N) is 1. The van der Waals surface area contributed by atoms with E-state index in [0.29, 0.717) is 19.4 Å². The number of likely N-dealkylation sites (tertiary alicyclic amines) is 1. The van der Waals surface area contributed by atoms with Crippen molar-refractivity contribution < 1.29 is 24.0 Å². The summed E-state index contributed by atoms with van der Waals surface area (Å²) in [4.78, 5) is 68.5. The molecule has 49 heavy (non-hydrogen) atoms. The summed E-state index contributed by atoms with van der Waals surface area (Å²) in [5, 5.41) is 11.5. The second-order valence-electron chi connectivity index (χ2n) is 17.0. The van der Waals surface area contributed by atoms with E-state index in [0.717, 1.165) is 55.9 Å². The van der Waals surface area contributed by atoms with Crippen LogP contribution in [0.2, 0.25) is 0 Å². The summed E-state index contributed by atoms with van der Waals surface area (Å²) in [6, 6.07) is 11.6. The van der Waals surface area contributed by atoms with Crippen LogP contribution in [-0.4, -0.2) is 64.6 Å². The summed E-state index contributed by atoms with van der Waals surface area (Å²) in [7, 11) is 0. The molecule has 4 aliphatic rings. The Labute approximate surface area is 289 Å². The van der Waals surface area contributed by atoms with Gasteiger partial charge in [0.05, 0.1) is 6.04 Å². The Morgan fingerprint density at radius 2 is 1.61 bits per heavy atom. The summed E-state index contributed by atoms with van der Waals surface area (Å²) in [6.07, 6.45) is 7.77. The number of urea groups is 1. The lowest BCUT2D eigenvalue weighted by molar-refractivity contribution is -0.145. The zero-order valence-electron chi connectivity index (χ0n) is 29.6. The van der Waals surface area contributed by atoms with E-state index in [2.05, 4.69) is 60.1 Å². The molecule has 264 valence electrons. The average Bonchev–Trinajstić information content (AvgIpc) is 3.90. The van der Waals surface area contributed by atoms with Crippen molar-refractivity contribution in [2.45, 2.75) is 116 Å². The highest BCUT2D eigenvalue weighted by atomic mass is 16.2. The lowest BCUT2D eigenvalue weighted by atomic mass is 9.77. The highest BCUT2D eigenvalue weighted by molar-refractivity contribution is 6.37. The van der Waals surface area contributed by atoms with Gasteiger partial charge in [0.2, 0.25) is 17.6 Å². The van der Waals surface area contributed by atoms with Gasteiger partial charge in [-0.3, -0.25) is 19.2 Å². The van der Waals surface area contributed by atoms with Gasteiger partial charge in [-0.15, -0.1) is 0 Å². The van der Waals surface area contributed by atoms with Crippen LogP contribution < -0.4 is 21.7 Å². The minimum absolute atomic E-state index is 0.0939. The number of amides is 5. The highest BCUT2D eigenvalue weighted by Crippen LogP contribution is 2.65. The third-order valence-electron chi connectivity index (χ3n) is 11.8. The first-order valence-corrected chi connectivity index (χ1v) is 18.1. The number of hydrogen-bond donors (Lipinski definition) is 4. The van der Waals surface area contributed by atoms with E-state index in [9.17, 15) is 24.0 Å². The molecule has 10 heteroatoms. The van der Waals surface area contributed by atoms with Gasteiger partial charge in [0.1, 0.15) is 12.1 Å². The van der Waals surface area contributed by atoms with Crippen LogP contribution in [0.3, 0.4) is 0 Å². The van der Waals surface area contributed by atoms with Crippen molar-refractivity contribution in [3.8, 4) is 0 Å². The first kappa shape index (κ1) is 34.9. The third kappa shape index (κ3) is 7.33. The van der Waals surface area contributed by atoms with Crippen LogP contribution in [0, 0.1) is 28.6 Å². The molecule has 1 saturated heterocycles. The zero-order valence-corrected chi connectivity index (χ0v) is 29.6. The molecule has 5 N–H and O–H groups in total. The maximum absolute atomic E-state index is 14.5. The minimum atomic E-state index is -1.07. The Kier molecular flexibility index (Phi) is 9.30. The van der Waals surface area contributed by atoms with Crippen molar-refractivity contribution in [1.82, 2.24) is 20.9 Å². The number of piperidine rings is 1. The Morgan fingerprint density at radius 3 is 2.24 bits per heavy atom. The minimum Gasteiger partial charge on any atom is -0.363 e. The van der Waals surface area contributed by atoms with Crippen molar-refractivity contribution in [2.75, 3.05) is 6.54 Å². The van der Waals surface area contributed by atoms with Gasteiger partial charge < -0.3 is 26.6 Å². The van der Waals surface area contributed by atoms with Crippen LogP contribution in [0.15, 0.2) is 42.5 Å². The fourth-order valence-corrected chi connectivity index (χ4v) is 8.70. The predicted molar refractivity (Wildman–Crippen MR) is 188 cm³/mol. The number of carbonyl (C=O) groups is 5. The van der Waals surface area contributed by atoms with E-state index < -0.39 is 52.7 Å². The number of fused-ring (bicyclic) bond motifs is 2. The fraction of sp³-hybridized carbons (Fsp3) is 0.615. The van der Waals surface area contributed by atoms with Gasteiger partial charge in [0.25, 0.3) is 5.91 Å². The standard InChI is InChI=1S/C39H53N5O5/c1-37(2,3)32(42-36(49)43-39(17-9-6-10-18-39)21-24-15-16-25-11-7-8-12-26(25)19-24)35(48)44-22-27-29(38(27,4)5)30(44)34(47)41-28(20-23-13-14-23)31(45)33(40)46/h7-8,11-12,15-16,19,23,27-30,32H,6,9-10,13-14,17-18,20-22H2,1-5H3,(H2,40,46)(H,41,47)(H2,42,43,49)/t27-,28?,29-,30-,32+/m0/s1. The number of carbonyl (C=O) groups excluding carboxylic acids is 5. The number of primary amides is 1. The molecular formula is C39H53N5O5. The van der Waals surface area contributed by atoms with Gasteiger partial charge in [-0.1, -0.05) is 109 Å². The molecule has 0 aromatic heterocycles. The summed E-state index contributed by atoms with van der Waals surface area (Å²) in [6.45, 7) is 10.3. The predicted octanol–water partition coefficient (Wildman–Crippen LogP) is 4.62. The number of nitrogens with two attached hydrogens (primary N) is 1. The SMILES string of the molecule is CC(C)(C)[C@H](NC(=O)NC1(Cc2ccc3ccccc3c2)CCCCC1)C(=O)N1C[C@H]2[C@@H]([C@H]1C(=O)NC(CC1CC1)C(=O)C(N)=O)C2(C)C. The Bertz CT molecular complexity index is 1640. The summed E-state index contributed by atoms with van der Waals surface area (Å²) < 4.78 is 0. The number of ketones is 1. The molecule has 6 rings (SSSR count). The molecule has 5 amide bonds. The van der Waals surface area contributed by atoms with Crippen molar-refractivity contribution in [2.24, 2.45) is 34.3 Å². The average molecular weight is 672 g/mol. The molecule has 0 bridgehead atoms. The van der Waals surface area contributed by atoms with Crippen LogP contribution in [0.1, 0.15) is 91.5 Å². The normalized spacial score (nSPS) is 25.1. The molecule has 1 unspecified atom stereocenters. The largest absolute Gasteiger partial charge is 0.363 e. The molecule has 1 heterocycles. The lowest BCUT2D eigenvalue weighted by Gasteiger charge is -2.41. The van der Waals surface area contributed by atoms with Crippen LogP contribution in [0.5, 0.6) is 0 Å². The molecule has 4 fully saturated rings. The molecule has 3 aliphatic carbocycles. The quantitative estimate of drug-likeness (QED) is 0.257. The smallest absolute Gasteiger partial charge is 0.315 e. The van der Waals surface area contributed by atoms with E-state index in [1.54, 1.807) is 4.90 Å². The topological polar surface area (TPSA) is 151 Å². The molecule has 0 radical (unpaired) electrons. The number of hydrogen-bond acceptors (Lipinski definition) is 5. The van der Waals surface area contributed by atoms with Gasteiger partial charge >= 0.3 is 6.03 Å². The van der Waals surface area contributed by atoms with Gasteiger partial charge in [-0.2, -0.15) is 0 Å². The molecule has 0 spiro atoms. The number of benzene rings is 2. The lowest BCUT2D eigenvalue weighted by Crippen LogP contribution is -2.63. The second-order valence-corrected chi connectivity index (χ2v) is 17.0. The molecule has 2 aromatic rings. The zero-order chi connectivity index (χ0) is 35.3. The fourth-order valence-electron chi connectivity index (χ4n) is 8.70. The maximum atomic E-state index is 14.5. The summed E-state index contributed by atoms with van der Waals surface area (Å²) >= 11 is 0. The van der Waals surface area contributed by atoms with Crippen molar-refractivity contribution in [1.29, 1.82) is 0 Å². The van der Waals surface area contributed by atoms with Gasteiger partial charge in [0, 0.05) is 12.1 Å². The van der Waals surface area contributed by atoms with Gasteiger partial charge in [0.15, 0.2) is 0 Å². The van der Waals surface area contributed by atoms with Crippen LogP contribution in [0.25, 0.3) is 10.8 Å². The number of nitrogens with one attached hydrogen (secondary N) is 3. The Balaban J connectivity index is 1.19. The Hall–Kier alpha value is -3.95. The first-order chi connectivity index (χ1) is 23.1. The van der Waals surface area contributed by atoms with Crippen molar-refractivity contribution in [3.63, 3.8) is 0 Å². The molecule has 3 saturated carbocycles. The molecule has 10 nitrogen and oxygen atoms in total. The van der Waals surface area contributed by atoms with Crippen molar-refractivity contribution in [3.05, 3.63) is 48.0 Å².